The Bertz CT molecular complexity index is 747. The summed E-state index contributed by atoms with van der Waals surface area (Å²) >= 11 is 0. The molecule has 5 nitrogen and oxygen atoms in total. The van der Waals surface area contributed by atoms with E-state index in [0.717, 1.165) is 17.5 Å². The SMILES string of the molecule is CC(=O)[C@H]1COc2cc(CC(C)NC[C@H](O)c3ccccc3)ccc2O1. The van der Waals surface area contributed by atoms with Crippen molar-refractivity contribution in [3.8, 4) is 11.5 Å². The number of rotatable bonds is 7. The van der Waals surface area contributed by atoms with E-state index in [-0.39, 0.29) is 18.4 Å². The van der Waals surface area contributed by atoms with Crippen LogP contribution in [0.4, 0.5) is 0 Å². The lowest BCUT2D eigenvalue weighted by molar-refractivity contribution is -0.125. The highest BCUT2D eigenvalue weighted by Crippen LogP contribution is 2.33. The predicted octanol–water partition coefficient (Wildman–Crippen LogP) is 2.67. The predicted molar refractivity (Wildman–Crippen MR) is 99.6 cm³/mol. The van der Waals surface area contributed by atoms with Gasteiger partial charge in [0, 0.05) is 12.6 Å². The molecule has 2 aromatic carbocycles. The summed E-state index contributed by atoms with van der Waals surface area (Å²) in [6.07, 6.45) is -0.246. The number of hydrogen-bond donors (Lipinski definition) is 2. The second kappa shape index (κ2) is 8.34. The van der Waals surface area contributed by atoms with Crippen LogP contribution in [0.5, 0.6) is 11.5 Å². The average molecular weight is 355 g/mol. The van der Waals surface area contributed by atoms with Gasteiger partial charge in [-0.05, 0) is 43.5 Å². The topological polar surface area (TPSA) is 67.8 Å². The lowest BCUT2D eigenvalue weighted by atomic mass is 10.0. The molecule has 2 N–H and O–H groups in total. The monoisotopic (exact) mass is 355 g/mol. The Kier molecular flexibility index (Phi) is 5.91. The first kappa shape index (κ1) is 18.4. The summed E-state index contributed by atoms with van der Waals surface area (Å²) in [5, 5.41) is 13.6. The minimum atomic E-state index is -0.526. The van der Waals surface area contributed by atoms with E-state index in [0.29, 0.717) is 18.0 Å². The number of aliphatic hydroxyl groups is 1. The standard InChI is InChI=1S/C21H25NO4/c1-14(22-12-18(24)17-6-4-3-5-7-17)10-16-8-9-19-20(11-16)25-13-21(26-19)15(2)23/h3-9,11,14,18,21-22,24H,10,12-13H2,1-2H3/t14?,18-,21+/m0/s1. The van der Waals surface area contributed by atoms with Crippen molar-refractivity contribution in [3.05, 3.63) is 59.7 Å². The minimum Gasteiger partial charge on any atom is -0.485 e. The number of ether oxygens (including phenoxy) is 2. The first-order valence-corrected chi connectivity index (χ1v) is 8.92. The molecule has 0 amide bonds. The van der Waals surface area contributed by atoms with E-state index in [9.17, 15) is 9.90 Å². The van der Waals surface area contributed by atoms with Crippen LogP contribution in [0, 0.1) is 0 Å². The summed E-state index contributed by atoms with van der Waals surface area (Å²) in [6, 6.07) is 15.6. The molecule has 0 saturated carbocycles. The number of nitrogens with one attached hydrogen (secondary N) is 1. The summed E-state index contributed by atoms with van der Waals surface area (Å²) in [6.45, 7) is 4.34. The maximum Gasteiger partial charge on any atom is 0.190 e. The lowest BCUT2D eigenvalue weighted by Crippen LogP contribution is -2.35. The van der Waals surface area contributed by atoms with Crippen molar-refractivity contribution in [1.82, 2.24) is 5.32 Å². The van der Waals surface area contributed by atoms with Crippen LogP contribution in [0.15, 0.2) is 48.5 Å². The van der Waals surface area contributed by atoms with E-state index in [2.05, 4.69) is 12.2 Å². The highest BCUT2D eigenvalue weighted by molar-refractivity contribution is 5.81. The molecule has 5 heteroatoms. The molecule has 3 atom stereocenters. The Labute approximate surface area is 153 Å². The summed E-state index contributed by atoms with van der Waals surface area (Å²) in [5.74, 6) is 1.26. The van der Waals surface area contributed by atoms with E-state index >= 15 is 0 Å². The van der Waals surface area contributed by atoms with Gasteiger partial charge in [0.1, 0.15) is 6.61 Å². The van der Waals surface area contributed by atoms with Crippen LogP contribution in [0.1, 0.15) is 31.1 Å². The molecule has 1 unspecified atom stereocenters. The van der Waals surface area contributed by atoms with Crippen LogP contribution in [0.25, 0.3) is 0 Å². The van der Waals surface area contributed by atoms with Crippen LogP contribution >= 0.6 is 0 Å². The molecule has 0 saturated heterocycles. The molecule has 0 bridgehead atoms. The Hall–Kier alpha value is -2.37. The molecule has 0 spiro atoms. The van der Waals surface area contributed by atoms with Gasteiger partial charge in [-0.1, -0.05) is 36.4 Å². The molecule has 1 aliphatic heterocycles. The Morgan fingerprint density at radius 2 is 2.00 bits per heavy atom. The van der Waals surface area contributed by atoms with Gasteiger partial charge in [-0.25, -0.2) is 0 Å². The second-order valence-corrected chi connectivity index (χ2v) is 6.75. The first-order chi connectivity index (χ1) is 12.5. The van der Waals surface area contributed by atoms with Crippen molar-refractivity contribution in [2.75, 3.05) is 13.2 Å². The van der Waals surface area contributed by atoms with E-state index in [1.54, 1.807) is 0 Å². The van der Waals surface area contributed by atoms with Crippen LogP contribution in [-0.2, 0) is 11.2 Å². The fraction of sp³-hybridized carbons (Fsp3) is 0.381. The van der Waals surface area contributed by atoms with Crippen molar-refractivity contribution < 1.29 is 19.4 Å². The third-order valence-electron chi connectivity index (χ3n) is 4.51. The van der Waals surface area contributed by atoms with Gasteiger partial charge in [-0.15, -0.1) is 0 Å². The largest absolute Gasteiger partial charge is 0.485 e. The molecule has 1 aliphatic rings. The van der Waals surface area contributed by atoms with E-state index < -0.39 is 12.2 Å². The first-order valence-electron chi connectivity index (χ1n) is 8.92. The van der Waals surface area contributed by atoms with E-state index in [1.165, 1.54) is 6.92 Å². The van der Waals surface area contributed by atoms with Crippen LogP contribution in [-0.4, -0.2) is 36.2 Å². The highest BCUT2D eigenvalue weighted by Gasteiger charge is 2.24. The molecule has 1 heterocycles. The number of carbonyl (C=O) groups excluding carboxylic acids is 1. The normalized spacial score (nSPS) is 18.2. The maximum absolute atomic E-state index is 11.4. The molecule has 0 aromatic heterocycles. The molecule has 138 valence electrons. The van der Waals surface area contributed by atoms with Gasteiger partial charge in [0.15, 0.2) is 23.4 Å². The Morgan fingerprint density at radius 3 is 2.73 bits per heavy atom. The summed E-state index contributed by atoms with van der Waals surface area (Å²) in [5.41, 5.74) is 2.02. The van der Waals surface area contributed by atoms with Gasteiger partial charge in [0.25, 0.3) is 0 Å². The molecule has 0 aliphatic carbocycles. The third-order valence-corrected chi connectivity index (χ3v) is 4.51. The molecule has 3 rings (SSSR count). The fourth-order valence-corrected chi connectivity index (χ4v) is 2.97. The van der Waals surface area contributed by atoms with Crippen molar-refractivity contribution in [2.45, 2.75) is 38.5 Å². The van der Waals surface area contributed by atoms with Crippen molar-refractivity contribution in [2.24, 2.45) is 0 Å². The van der Waals surface area contributed by atoms with Gasteiger partial charge in [0.2, 0.25) is 0 Å². The van der Waals surface area contributed by atoms with Gasteiger partial charge < -0.3 is 19.9 Å². The summed E-state index contributed by atoms with van der Waals surface area (Å²) in [4.78, 5) is 11.4. The summed E-state index contributed by atoms with van der Waals surface area (Å²) in [7, 11) is 0. The number of aliphatic hydroxyl groups excluding tert-OH is 1. The summed E-state index contributed by atoms with van der Waals surface area (Å²) < 4.78 is 11.3. The maximum atomic E-state index is 11.4. The van der Waals surface area contributed by atoms with E-state index in [4.69, 9.17) is 9.47 Å². The third kappa shape index (κ3) is 4.62. The van der Waals surface area contributed by atoms with Crippen molar-refractivity contribution in [3.63, 3.8) is 0 Å². The minimum absolute atomic E-state index is 0.0328. The van der Waals surface area contributed by atoms with Crippen LogP contribution in [0.3, 0.4) is 0 Å². The number of benzene rings is 2. The van der Waals surface area contributed by atoms with Gasteiger partial charge in [-0.3, -0.25) is 4.79 Å². The highest BCUT2D eigenvalue weighted by atomic mass is 16.6. The van der Waals surface area contributed by atoms with E-state index in [1.807, 2.05) is 48.5 Å². The number of ketones is 1. The Morgan fingerprint density at radius 1 is 1.23 bits per heavy atom. The molecule has 0 fully saturated rings. The molecule has 26 heavy (non-hydrogen) atoms. The molecular weight excluding hydrogens is 330 g/mol. The van der Waals surface area contributed by atoms with Crippen LogP contribution in [0.2, 0.25) is 0 Å². The fourth-order valence-electron chi connectivity index (χ4n) is 2.97. The van der Waals surface area contributed by atoms with Gasteiger partial charge >= 0.3 is 0 Å². The number of Topliss-reactive ketones (excluding diaryl/α,β-unsaturated/α-hetero) is 1. The van der Waals surface area contributed by atoms with Crippen molar-refractivity contribution >= 4 is 5.78 Å². The molecule has 2 aromatic rings. The molecule has 0 radical (unpaired) electrons. The average Bonchev–Trinajstić information content (AvgIpc) is 2.66. The Balaban J connectivity index is 1.53. The number of hydrogen-bond acceptors (Lipinski definition) is 5. The van der Waals surface area contributed by atoms with Gasteiger partial charge in [0.05, 0.1) is 6.10 Å². The zero-order valence-corrected chi connectivity index (χ0v) is 15.1. The smallest absolute Gasteiger partial charge is 0.190 e. The number of fused-ring (bicyclic) bond motifs is 1. The second-order valence-electron chi connectivity index (χ2n) is 6.75. The quantitative estimate of drug-likeness (QED) is 0.799. The molecular formula is C21H25NO4. The van der Waals surface area contributed by atoms with Gasteiger partial charge in [-0.2, -0.15) is 0 Å². The zero-order valence-electron chi connectivity index (χ0n) is 15.1. The number of carbonyl (C=O) groups is 1. The lowest BCUT2D eigenvalue weighted by Gasteiger charge is -2.25. The van der Waals surface area contributed by atoms with Crippen molar-refractivity contribution in [1.29, 1.82) is 0 Å². The zero-order chi connectivity index (χ0) is 18.5. The van der Waals surface area contributed by atoms with Crippen LogP contribution < -0.4 is 14.8 Å².